The summed E-state index contributed by atoms with van der Waals surface area (Å²) in [6, 6.07) is 9.56. The summed E-state index contributed by atoms with van der Waals surface area (Å²) >= 11 is 0. The van der Waals surface area contributed by atoms with Crippen molar-refractivity contribution in [1.29, 1.82) is 0 Å². The predicted molar refractivity (Wildman–Crippen MR) is 88.8 cm³/mol. The number of imidazole rings is 1. The summed E-state index contributed by atoms with van der Waals surface area (Å²) in [4.78, 5) is 30.4. The zero-order chi connectivity index (χ0) is 18.0. The van der Waals surface area contributed by atoms with Crippen molar-refractivity contribution in [2.45, 2.75) is 19.4 Å². The van der Waals surface area contributed by atoms with E-state index in [0.29, 0.717) is 11.0 Å². The van der Waals surface area contributed by atoms with Crippen LogP contribution in [0.15, 0.2) is 47.4 Å². The van der Waals surface area contributed by atoms with Crippen LogP contribution in [0.5, 0.6) is 0 Å². The van der Waals surface area contributed by atoms with E-state index in [4.69, 9.17) is 0 Å². The number of rotatable bonds is 5. The summed E-state index contributed by atoms with van der Waals surface area (Å²) in [6.07, 6.45) is 1.42. The molecule has 3 aromatic rings. The van der Waals surface area contributed by atoms with E-state index in [1.165, 1.54) is 18.3 Å². The summed E-state index contributed by atoms with van der Waals surface area (Å²) in [5.74, 6) is -0.847. The van der Waals surface area contributed by atoms with E-state index in [1.54, 1.807) is 31.2 Å². The molecule has 3 rings (SSSR count). The molecular weight excluding hydrogens is 330 g/mol. The minimum Gasteiger partial charge on any atom is -0.351 e. The highest BCUT2D eigenvalue weighted by atomic mass is 19.3. The average Bonchev–Trinajstić information content (AvgIpc) is 2.99. The summed E-state index contributed by atoms with van der Waals surface area (Å²) in [6.45, 7) is -0.976. The van der Waals surface area contributed by atoms with Crippen LogP contribution in [0.25, 0.3) is 11.0 Å². The van der Waals surface area contributed by atoms with Crippen molar-refractivity contribution in [3.05, 3.63) is 64.3 Å². The first-order valence-corrected chi connectivity index (χ1v) is 7.70. The van der Waals surface area contributed by atoms with Crippen molar-refractivity contribution in [3.63, 3.8) is 0 Å². The summed E-state index contributed by atoms with van der Waals surface area (Å²) in [5, 5.41) is 2.59. The fourth-order valence-corrected chi connectivity index (χ4v) is 2.65. The van der Waals surface area contributed by atoms with Crippen LogP contribution in [0.4, 0.5) is 8.78 Å². The van der Waals surface area contributed by atoms with Crippen LogP contribution < -0.4 is 10.9 Å². The number of fused-ring (bicyclic) bond motifs is 1. The first kappa shape index (κ1) is 16.8. The quantitative estimate of drug-likeness (QED) is 0.745. The molecule has 2 aromatic heterocycles. The Morgan fingerprint density at radius 3 is 2.76 bits per heavy atom. The molecule has 1 atom stereocenters. The second-order valence-corrected chi connectivity index (χ2v) is 5.63. The lowest BCUT2D eigenvalue weighted by Crippen LogP contribution is -2.32. The number of nitrogens with zero attached hydrogens (tertiary/aromatic N) is 2. The van der Waals surface area contributed by atoms with Crippen molar-refractivity contribution in [1.82, 2.24) is 19.9 Å². The molecule has 25 heavy (non-hydrogen) atoms. The van der Waals surface area contributed by atoms with E-state index in [9.17, 15) is 18.4 Å². The van der Waals surface area contributed by atoms with Crippen LogP contribution >= 0.6 is 0 Å². The molecule has 2 heterocycles. The maximum Gasteiger partial charge on any atom is 0.320 e. The molecule has 0 saturated carbocycles. The van der Waals surface area contributed by atoms with E-state index in [-0.39, 0.29) is 17.9 Å². The number of aromatic amines is 1. The molecule has 0 spiro atoms. The molecule has 6 nitrogen and oxygen atoms in total. The van der Waals surface area contributed by atoms with Gasteiger partial charge in [-0.05, 0) is 24.3 Å². The standard InChI is InChI=1S/C17H16F2N4O2/c1-10(9-21-16(25)11-5-4-8-20-15(11)24)14-22-12-6-2-3-7-13(12)23(14)17(18)19/h2-8,10,17H,9H2,1H3,(H,20,24)(H,21,25). The predicted octanol–water partition coefficient (Wildman–Crippen LogP) is 2.65. The molecule has 0 fully saturated rings. The second-order valence-electron chi connectivity index (χ2n) is 5.63. The maximum absolute atomic E-state index is 13.5. The third kappa shape index (κ3) is 3.28. The van der Waals surface area contributed by atoms with E-state index >= 15 is 0 Å². The molecule has 0 radical (unpaired) electrons. The van der Waals surface area contributed by atoms with Crippen molar-refractivity contribution in [2.24, 2.45) is 0 Å². The molecule has 0 bridgehead atoms. The molecular formula is C17H16F2N4O2. The van der Waals surface area contributed by atoms with Gasteiger partial charge in [0.25, 0.3) is 11.5 Å². The number of hydrogen-bond donors (Lipinski definition) is 2. The van der Waals surface area contributed by atoms with Gasteiger partial charge in [0, 0.05) is 18.7 Å². The van der Waals surface area contributed by atoms with Gasteiger partial charge in [-0.3, -0.25) is 14.2 Å². The molecule has 0 aliphatic heterocycles. The lowest BCUT2D eigenvalue weighted by atomic mass is 10.1. The van der Waals surface area contributed by atoms with Gasteiger partial charge in [0.15, 0.2) is 0 Å². The fraction of sp³-hybridized carbons (Fsp3) is 0.235. The van der Waals surface area contributed by atoms with Crippen LogP contribution in [0.1, 0.15) is 35.6 Å². The normalized spacial score (nSPS) is 12.5. The van der Waals surface area contributed by atoms with E-state index in [1.807, 2.05) is 0 Å². The van der Waals surface area contributed by atoms with Crippen LogP contribution in [0.2, 0.25) is 0 Å². The molecule has 0 aliphatic rings. The number of carbonyl (C=O) groups is 1. The third-order valence-electron chi connectivity index (χ3n) is 3.89. The fourth-order valence-electron chi connectivity index (χ4n) is 2.65. The van der Waals surface area contributed by atoms with E-state index in [2.05, 4.69) is 15.3 Å². The van der Waals surface area contributed by atoms with Crippen LogP contribution in [0.3, 0.4) is 0 Å². The van der Waals surface area contributed by atoms with Gasteiger partial charge in [0.1, 0.15) is 11.4 Å². The van der Waals surface area contributed by atoms with Gasteiger partial charge in [0.05, 0.1) is 11.0 Å². The number of hydrogen-bond acceptors (Lipinski definition) is 3. The Balaban J connectivity index is 1.82. The largest absolute Gasteiger partial charge is 0.351 e. The molecule has 8 heteroatoms. The molecule has 1 unspecified atom stereocenters. The lowest BCUT2D eigenvalue weighted by Gasteiger charge is -2.14. The molecule has 2 N–H and O–H groups in total. The molecule has 1 aromatic carbocycles. The van der Waals surface area contributed by atoms with Crippen LogP contribution in [0, 0.1) is 0 Å². The first-order chi connectivity index (χ1) is 12.0. The number of halogens is 2. The smallest absolute Gasteiger partial charge is 0.320 e. The van der Waals surface area contributed by atoms with E-state index in [0.717, 1.165) is 4.57 Å². The topological polar surface area (TPSA) is 79.8 Å². The molecule has 0 saturated heterocycles. The molecule has 1 amide bonds. The number of aromatic nitrogens is 3. The lowest BCUT2D eigenvalue weighted by molar-refractivity contribution is 0.0704. The highest BCUT2D eigenvalue weighted by Crippen LogP contribution is 2.27. The van der Waals surface area contributed by atoms with Gasteiger partial charge in [-0.25, -0.2) is 4.98 Å². The SMILES string of the molecule is CC(CNC(=O)c1ccc[nH]c1=O)c1nc2ccccc2n1C(F)F. The number of amides is 1. The van der Waals surface area contributed by atoms with Gasteiger partial charge in [0.2, 0.25) is 0 Å². The Kier molecular flexibility index (Phi) is 4.60. The Bertz CT molecular complexity index is 964. The highest BCUT2D eigenvalue weighted by Gasteiger charge is 2.22. The Morgan fingerprint density at radius 1 is 1.28 bits per heavy atom. The molecule has 0 aliphatic carbocycles. The Hall–Kier alpha value is -3.03. The number of carbonyl (C=O) groups excluding carboxylic acids is 1. The number of para-hydroxylation sites is 2. The highest BCUT2D eigenvalue weighted by molar-refractivity contribution is 5.93. The third-order valence-corrected chi connectivity index (χ3v) is 3.89. The van der Waals surface area contributed by atoms with E-state index < -0.39 is 23.9 Å². The average molecular weight is 346 g/mol. The zero-order valence-corrected chi connectivity index (χ0v) is 13.4. The Labute approximate surface area is 141 Å². The van der Waals surface area contributed by atoms with Gasteiger partial charge in [-0.15, -0.1) is 0 Å². The van der Waals surface area contributed by atoms with Crippen molar-refractivity contribution in [3.8, 4) is 0 Å². The van der Waals surface area contributed by atoms with Crippen molar-refractivity contribution >= 4 is 16.9 Å². The minimum atomic E-state index is -2.74. The van der Waals surface area contributed by atoms with Crippen molar-refractivity contribution in [2.75, 3.05) is 6.54 Å². The van der Waals surface area contributed by atoms with Gasteiger partial charge in [-0.1, -0.05) is 19.1 Å². The van der Waals surface area contributed by atoms with Crippen LogP contribution in [-0.4, -0.2) is 27.0 Å². The molecule has 130 valence electrons. The number of pyridine rings is 1. The first-order valence-electron chi connectivity index (χ1n) is 7.70. The number of benzene rings is 1. The summed E-state index contributed by atoms with van der Waals surface area (Å²) in [7, 11) is 0. The Morgan fingerprint density at radius 2 is 2.04 bits per heavy atom. The van der Waals surface area contributed by atoms with Gasteiger partial charge in [-0.2, -0.15) is 8.78 Å². The maximum atomic E-state index is 13.5. The number of nitrogens with one attached hydrogen (secondary N) is 2. The number of alkyl halides is 2. The summed E-state index contributed by atoms with van der Waals surface area (Å²) < 4.78 is 27.8. The second kappa shape index (κ2) is 6.84. The van der Waals surface area contributed by atoms with Gasteiger partial charge < -0.3 is 10.3 Å². The van der Waals surface area contributed by atoms with Crippen molar-refractivity contribution < 1.29 is 13.6 Å². The monoisotopic (exact) mass is 346 g/mol. The van der Waals surface area contributed by atoms with Gasteiger partial charge >= 0.3 is 6.55 Å². The minimum absolute atomic E-state index is 0.0305. The number of H-pyrrole nitrogens is 1. The summed E-state index contributed by atoms with van der Waals surface area (Å²) in [5.41, 5.74) is 0.269. The van der Waals surface area contributed by atoms with Crippen LogP contribution in [-0.2, 0) is 0 Å². The zero-order valence-electron chi connectivity index (χ0n) is 13.4.